The number of halogens is 1. The molecular weight excluding hydrogens is 479 g/mol. The van der Waals surface area contributed by atoms with E-state index in [9.17, 15) is 8.42 Å². The fourth-order valence-electron chi connectivity index (χ4n) is 2.71. The monoisotopic (exact) mass is 508 g/mol. The van der Waals surface area contributed by atoms with Crippen LogP contribution in [0.25, 0.3) is 11.0 Å². The number of aliphatic imine (C=N–C) groups is 1. The third-order valence-electron chi connectivity index (χ3n) is 3.83. The van der Waals surface area contributed by atoms with Crippen molar-refractivity contribution in [2.45, 2.75) is 39.8 Å². The molecule has 0 aliphatic rings. The molecule has 3 N–H and O–H groups in total. The first-order valence-corrected chi connectivity index (χ1v) is 10.5. The first kappa shape index (κ1) is 23.7. The highest BCUT2D eigenvalue weighted by Gasteiger charge is 2.22. The number of nitrogens with one attached hydrogen (secondary N) is 3. The van der Waals surface area contributed by atoms with Crippen molar-refractivity contribution in [3.05, 3.63) is 35.6 Å². The van der Waals surface area contributed by atoms with Crippen LogP contribution in [0.2, 0.25) is 0 Å². The Kier molecular flexibility index (Phi) is 8.55. The fourth-order valence-corrected chi connectivity index (χ4v) is 3.79. The molecule has 1 heterocycles. The van der Waals surface area contributed by atoms with Crippen LogP contribution in [0, 0.1) is 6.92 Å². The second kappa shape index (κ2) is 9.74. The van der Waals surface area contributed by atoms with Crippen molar-refractivity contribution in [2.75, 3.05) is 19.3 Å². The molecule has 0 spiro atoms. The number of furan rings is 1. The molecule has 0 saturated carbocycles. The molecule has 0 aliphatic heterocycles. The van der Waals surface area contributed by atoms with Crippen molar-refractivity contribution in [1.29, 1.82) is 0 Å². The summed E-state index contributed by atoms with van der Waals surface area (Å²) < 4.78 is 31.4. The predicted octanol–water partition coefficient (Wildman–Crippen LogP) is 2.74. The lowest BCUT2D eigenvalue weighted by atomic mass is 10.1. The summed E-state index contributed by atoms with van der Waals surface area (Å²) in [6, 6.07) is 7.91. The minimum atomic E-state index is -3.28. The molecule has 0 amide bonds. The highest BCUT2D eigenvalue weighted by Crippen LogP contribution is 2.25. The van der Waals surface area contributed by atoms with E-state index >= 15 is 0 Å². The van der Waals surface area contributed by atoms with Gasteiger partial charge in [0.05, 0.1) is 6.26 Å². The number of hydrogen-bond donors (Lipinski definition) is 3. The normalized spacial score (nSPS) is 12.7. The summed E-state index contributed by atoms with van der Waals surface area (Å²) in [4.78, 5) is 4.56. The average Bonchev–Trinajstić information content (AvgIpc) is 2.85. The van der Waals surface area contributed by atoms with Gasteiger partial charge in [0.15, 0.2) is 5.96 Å². The van der Waals surface area contributed by atoms with Gasteiger partial charge in [-0.05, 0) is 33.8 Å². The summed E-state index contributed by atoms with van der Waals surface area (Å²) in [5.74, 6) is 1.42. The van der Waals surface area contributed by atoms with E-state index in [1.54, 1.807) is 0 Å². The summed E-state index contributed by atoms with van der Waals surface area (Å²) in [6.07, 6.45) is 1.15. The first-order valence-electron chi connectivity index (χ1n) is 8.59. The van der Waals surface area contributed by atoms with E-state index in [0.717, 1.165) is 28.5 Å². The van der Waals surface area contributed by atoms with Gasteiger partial charge in [0, 0.05) is 29.6 Å². The zero-order chi connectivity index (χ0) is 19.4. The van der Waals surface area contributed by atoms with Gasteiger partial charge >= 0.3 is 0 Å². The third kappa shape index (κ3) is 7.30. The van der Waals surface area contributed by atoms with Crippen molar-refractivity contribution in [3.63, 3.8) is 0 Å². The van der Waals surface area contributed by atoms with Crippen molar-refractivity contribution >= 4 is 50.9 Å². The van der Waals surface area contributed by atoms with Crippen molar-refractivity contribution in [2.24, 2.45) is 4.99 Å². The molecule has 0 aliphatic carbocycles. The Labute approximate surface area is 178 Å². The van der Waals surface area contributed by atoms with Crippen LogP contribution in [0.4, 0.5) is 0 Å². The second-order valence-corrected chi connectivity index (χ2v) is 8.70. The van der Waals surface area contributed by atoms with E-state index in [1.165, 1.54) is 0 Å². The van der Waals surface area contributed by atoms with E-state index < -0.39 is 15.6 Å². The van der Waals surface area contributed by atoms with Gasteiger partial charge < -0.3 is 15.1 Å². The van der Waals surface area contributed by atoms with Gasteiger partial charge in [-0.2, -0.15) is 0 Å². The fraction of sp³-hybridized carbons (Fsp3) is 0.500. The van der Waals surface area contributed by atoms with Gasteiger partial charge in [0.1, 0.15) is 17.9 Å². The quantitative estimate of drug-likeness (QED) is 0.304. The SMILES string of the molecule is CCNC(=NCc1oc2ccccc2c1C)NCC(C)(C)NS(C)(=O)=O.I. The van der Waals surface area contributed by atoms with Gasteiger partial charge in [-0.25, -0.2) is 18.1 Å². The number of hydrogen-bond acceptors (Lipinski definition) is 4. The van der Waals surface area contributed by atoms with Crippen LogP contribution in [-0.4, -0.2) is 39.3 Å². The molecule has 0 fully saturated rings. The topological polar surface area (TPSA) is 95.7 Å². The van der Waals surface area contributed by atoms with Crippen LogP contribution in [-0.2, 0) is 16.6 Å². The molecule has 9 heteroatoms. The molecule has 152 valence electrons. The molecule has 0 saturated heterocycles. The van der Waals surface area contributed by atoms with Crippen LogP contribution in [0.1, 0.15) is 32.1 Å². The molecule has 0 radical (unpaired) electrons. The molecule has 0 atom stereocenters. The largest absolute Gasteiger partial charge is 0.459 e. The van der Waals surface area contributed by atoms with E-state index in [4.69, 9.17) is 4.42 Å². The van der Waals surface area contributed by atoms with Crippen molar-refractivity contribution in [1.82, 2.24) is 15.4 Å². The summed E-state index contributed by atoms with van der Waals surface area (Å²) in [5.41, 5.74) is 1.30. The number of para-hydroxylation sites is 1. The zero-order valence-corrected chi connectivity index (χ0v) is 19.6. The Morgan fingerprint density at radius 1 is 1.22 bits per heavy atom. The number of sulfonamides is 1. The zero-order valence-electron chi connectivity index (χ0n) is 16.4. The lowest BCUT2D eigenvalue weighted by molar-refractivity contribution is 0.446. The van der Waals surface area contributed by atoms with Crippen LogP contribution < -0.4 is 15.4 Å². The number of rotatable bonds is 7. The Balaban J connectivity index is 0.00000364. The van der Waals surface area contributed by atoms with Crippen LogP contribution in [0.5, 0.6) is 0 Å². The number of nitrogens with zero attached hydrogens (tertiary/aromatic N) is 1. The van der Waals surface area contributed by atoms with Gasteiger partial charge in [-0.3, -0.25) is 0 Å². The number of aryl methyl sites for hydroxylation is 1. The smallest absolute Gasteiger partial charge is 0.209 e. The number of benzene rings is 1. The maximum Gasteiger partial charge on any atom is 0.209 e. The van der Waals surface area contributed by atoms with Gasteiger partial charge in [0.25, 0.3) is 0 Å². The van der Waals surface area contributed by atoms with Crippen LogP contribution >= 0.6 is 24.0 Å². The molecule has 1 aromatic heterocycles. The van der Waals surface area contributed by atoms with Crippen LogP contribution in [0.3, 0.4) is 0 Å². The van der Waals surface area contributed by atoms with Crippen LogP contribution in [0.15, 0.2) is 33.7 Å². The molecule has 0 bridgehead atoms. The summed E-state index contributed by atoms with van der Waals surface area (Å²) in [5, 5.41) is 7.43. The molecule has 0 unspecified atom stereocenters. The molecule has 7 nitrogen and oxygen atoms in total. The Hall–Kier alpha value is -1.33. The van der Waals surface area contributed by atoms with E-state index in [1.807, 2.05) is 52.0 Å². The van der Waals surface area contributed by atoms with E-state index in [-0.39, 0.29) is 24.0 Å². The first-order chi connectivity index (χ1) is 12.1. The van der Waals surface area contributed by atoms with Gasteiger partial charge in [-0.1, -0.05) is 18.2 Å². The van der Waals surface area contributed by atoms with Crippen molar-refractivity contribution < 1.29 is 12.8 Å². The second-order valence-electron chi connectivity index (χ2n) is 6.95. The van der Waals surface area contributed by atoms with E-state index in [0.29, 0.717) is 25.6 Å². The molecular formula is C18H29IN4O3S. The number of guanidine groups is 1. The molecule has 27 heavy (non-hydrogen) atoms. The summed E-state index contributed by atoms with van der Waals surface area (Å²) in [7, 11) is -3.28. The third-order valence-corrected chi connectivity index (χ3v) is 4.75. The summed E-state index contributed by atoms with van der Waals surface area (Å²) in [6.45, 7) is 9.12. The number of fused-ring (bicyclic) bond motifs is 1. The maximum absolute atomic E-state index is 11.5. The molecule has 2 aromatic rings. The highest BCUT2D eigenvalue weighted by molar-refractivity contribution is 14.0. The van der Waals surface area contributed by atoms with Gasteiger partial charge in [0.2, 0.25) is 10.0 Å². The molecule has 2 rings (SSSR count). The lowest BCUT2D eigenvalue weighted by Crippen LogP contribution is -2.53. The maximum atomic E-state index is 11.5. The Morgan fingerprint density at radius 3 is 2.48 bits per heavy atom. The standard InChI is InChI=1S/C18H28N4O3S.HI/c1-6-19-17(21-12-18(3,4)22-26(5,23)24)20-11-16-13(2)14-9-7-8-10-15(14)25-16;/h7-10,22H,6,11-12H2,1-5H3,(H2,19,20,21);1H. The van der Waals surface area contributed by atoms with E-state index in [2.05, 4.69) is 20.3 Å². The predicted molar refractivity (Wildman–Crippen MR) is 121 cm³/mol. The highest BCUT2D eigenvalue weighted by atomic mass is 127. The average molecular weight is 508 g/mol. The van der Waals surface area contributed by atoms with Gasteiger partial charge in [-0.15, -0.1) is 24.0 Å². The Bertz CT molecular complexity index is 891. The Morgan fingerprint density at radius 2 is 1.89 bits per heavy atom. The minimum Gasteiger partial charge on any atom is -0.459 e. The minimum absolute atomic E-state index is 0. The lowest BCUT2D eigenvalue weighted by Gasteiger charge is -2.26. The summed E-state index contributed by atoms with van der Waals surface area (Å²) >= 11 is 0. The molecule has 1 aromatic carbocycles. The van der Waals surface area contributed by atoms with Crippen molar-refractivity contribution in [3.8, 4) is 0 Å².